The monoisotopic (exact) mass is 240 g/mol. The summed E-state index contributed by atoms with van der Waals surface area (Å²) in [6.07, 6.45) is 1.37. The largest absolute Gasteiger partial charge is 0.487 e. The van der Waals surface area contributed by atoms with Crippen LogP contribution >= 0.6 is 11.6 Å². The molecule has 0 radical (unpaired) electrons. The molecule has 1 N–H and O–H groups in total. The summed E-state index contributed by atoms with van der Waals surface area (Å²) in [4.78, 5) is 10.5. The zero-order valence-corrected chi connectivity index (χ0v) is 9.75. The molecule has 1 aromatic carbocycles. The Hall–Kier alpha value is -1.22. The lowest BCUT2D eigenvalue weighted by Gasteiger charge is -2.22. The van der Waals surface area contributed by atoms with Crippen molar-refractivity contribution in [2.75, 3.05) is 0 Å². The highest BCUT2D eigenvalue weighted by molar-refractivity contribution is 6.30. The van der Waals surface area contributed by atoms with E-state index < -0.39 is 11.6 Å². The maximum absolute atomic E-state index is 10.5. The quantitative estimate of drug-likeness (QED) is 0.884. The third-order valence-corrected chi connectivity index (χ3v) is 3.05. The number of hydrogen-bond donors (Lipinski definition) is 1. The van der Waals surface area contributed by atoms with Gasteiger partial charge in [-0.15, -0.1) is 0 Å². The van der Waals surface area contributed by atoms with Gasteiger partial charge in [0.05, 0.1) is 0 Å². The molecule has 1 heterocycles. The maximum Gasteiger partial charge on any atom is 0.303 e. The first-order valence-corrected chi connectivity index (χ1v) is 5.56. The summed E-state index contributed by atoms with van der Waals surface area (Å²) in [6, 6.07) is 5.54. The summed E-state index contributed by atoms with van der Waals surface area (Å²) in [7, 11) is 0. The Balaban J connectivity index is 2.11. The Labute approximate surface area is 99.0 Å². The molecule has 0 saturated carbocycles. The second kappa shape index (κ2) is 3.98. The predicted octanol–water partition coefficient (Wildman–Crippen LogP) is 2.90. The number of carboxylic acids is 1. The van der Waals surface area contributed by atoms with Crippen LogP contribution < -0.4 is 4.74 Å². The first kappa shape index (κ1) is 11.3. The number of rotatable bonds is 3. The number of halogens is 1. The fraction of sp³-hybridized carbons (Fsp3) is 0.417. The van der Waals surface area contributed by atoms with Crippen LogP contribution in [0.15, 0.2) is 18.2 Å². The zero-order valence-electron chi connectivity index (χ0n) is 9.00. The van der Waals surface area contributed by atoms with Gasteiger partial charge >= 0.3 is 5.97 Å². The number of carbonyl (C=O) groups is 1. The summed E-state index contributed by atoms with van der Waals surface area (Å²) < 4.78 is 5.78. The van der Waals surface area contributed by atoms with Crippen LogP contribution in [0.2, 0.25) is 5.02 Å². The number of carboxylic acid groups (broad SMARTS) is 1. The van der Waals surface area contributed by atoms with E-state index in [1.165, 1.54) is 0 Å². The van der Waals surface area contributed by atoms with E-state index >= 15 is 0 Å². The minimum absolute atomic E-state index is 0.123. The summed E-state index contributed by atoms with van der Waals surface area (Å²) in [5, 5.41) is 9.31. The molecule has 16 heavy (non-hydrogen) atoms. The predicted molar refractivity (Wildman–Crippen MR) is 61.1 cm³/mol. The average molecular weight is 241 g/mol. The van der Waals surface area contributed by atoms with E-state index in [0.717, 1.165) is 17.7 Å². The Bertz CT molecular complexity index is 430. The van der Waals surface area contributed by atoms with Crippen LogP contribution in [0, 0.1) is 0 Å². The summed E-state index contributed by atoms with van der Waals surface area (Å²) in [5.41, 5.74) is 0.683. The fourth-order valence-electron chi connectivity index (χ4n) is 1.98. The number of hydrogen-bond acceptors (Lipinski definition) is 2. The van der Waals surface area contributed by atoms with Crippen molar-refractivity contribution in [2.45, 2.75) is 31.8 Å². The van der Waals surface area contributed by atoms with Gasteiger partial charge in [-0.25, -0.2) is 0 Å². The molecule has 0 fully saturated rings. The van der Waals surface area contributed by atoms with Gasteiger partial charge in [0.1, 0.15) is 11.4 Å². The van der Waals surface area contributed by atoms with Gasteiger partial charge in [-0.3, -0.25) is 4.79 Å². The standard InChI is InChI=1S/C12H13ClO3/c1-12(5-4-11(14)15)7-8-2-3-9(13)6-10(8)16-12/h2-3,6H,4-5,7H2,1H3,(H,14,15). The Kier molecular flexibility index (Phi) is 2.80. The normalized spacial score (nSPS) is 22.6. The molecule has 1 aliphatic rings. The van der Waals surface area contributed by atoms with E-state index in [-0.39, 0.29) is 6.42 Å². The Morgan fingerprint density at radius 3 is 3.06 bits per heavy atom. The molecule has 4 heteroatoms. The molecule has 1 unspecified atom stereocenters. The minimum atomic E-state index is -0.793. The molecule has 0 aromatic heterocycles. The van der Waals surface area contributed by atoms with Gasteiger partial charge in [0.25, 0.3) is 0 Å². The molecule has 0 spiro atoms. The number of benzene rings is 1. The van der Waals surface area contributed by atoms with Crippen molar-refractivity contribution >= 4 is 17.6 Å². The third kappa shape index (κ3) is 2.30. The van der Waals surface area contributed by atoms with Gasteiger partial charge in [0.15, 0.2) is 0 Å². The number of aliphatic carboxylic acids is 1. The Morgan fingerprint density at radius 2 is 2.38 bits per heavy atom. The average Bonchev–Trinajstić information content (AvgIpc) is 2.51. The smallest absolute Gasteiger partial charge is 0.303 e. The number of ether oxygens (including phenoxy) is 1. The van der Waals surface area contributed by atoms with E-state index in [1.807, 2.05) is 19.1 Å². The molecular weight excluding hydrogens is 228 g/mol. The number of fused-ring (bicyclic) bond motifs is 1. The lowest BCUT2D eigenvalue weighted by atomic mass is 9.94. The molecule has 0 amide bonds. The molecule has 3 nitrogen and oxygen atoms in total. The minimum Gasteiger partial charge on any atom is -0.487 e. The van der Waals surface area contributed by atoms with Crippen LogP contribution in [-0.4, -0.2) is 16.7 Å². The molecule has 1 atom stereocenters. The Morgan fingerprint density at radius 1 is 1.62 bits per heavy atom. The first-order chi connectivity index (χ1) is 7.48. The molecular formula is C12H13ClO3. The van der Waals surface area contributed by atoms with Crippen LogP contribution in [0.25, 0.3) is 0 Å². The van der Waals surface area contributed by atoms with Crippen LogP contribution in [-0.2, 0) is 11.2 Å². The zero-order chi connectivity index (χ0) is 11.8. The van der Waals surface area contributed by atoms with Gasteiger partial charge in [-0.05, 0) is 31.0 Å². The highest BCUT2D eigenvalue weighted by Crippen LogP contribution is 2.38. The van der Waals surface area contributed by atoms with Crippen molar-refractivity contribution in [3.05, 3.63) is 28.8 Å². The van der Waals surface area contributed by atoms with Gasteiger partial charge in [-0.1, -0.05) is 17.7 Å². The third-order valence-electron chi connectivity index (χ3n) is 2.82. The fourth-order valence-corrected chi connectivity index (χ4v) is 2.15. The van der Waals surface area contributed by atoms with Crippen molar-refractivity contribution in [3.8, 4) is 5.75 Å². The van der Waals surface area contributed by atoms with E-state index in [1.54, 1.807) is 6.07 Å². The van der Waals surface area contributed by atoms with Gasteiger partial charge in [-0.2, -0.15) is 0 Å². The topological polar surface area (TPSA) is 46.5 Å². The molecule has 1 aromatic rings. The summed E-state index contributed by atoms with van der Waals surface area (Å²) in [6.45, 7) is 1.93. The summed E-state index contributed by atoms with van der Waals surface area (Å²) >= 11 is 5.87. The van der Waals surface area contributed by atoms with Crippen molar-refractivity contribution in [1.29, 1.82) is 0 Å². The van der Waals surface area contributed by atoms with E-state index in [2.05, 4.69) is 0 Å². The van der Waals surface area contributed by atoms with Crippen LogP contribution in [0.1, 0.15) is 25.3 Å². The highest BCUT2D eigenvalue weighted by atomic mass is 35.5. The van der Waals surface area contributed by atoms with Crippen molar-refractivity contribution in [2.24, 2.45) is 0 Å². The highest BCUT2D eigenvalue weighted by Gasteiger charge is 2.34. The summed E-state index contributed by atoms with van der Waals surface area (Å²) in [5.74, 6) is -0.0146. The van der Waals surface area contributed by atoms with Crippen LogP contribution in [0.3, 0.4) is 0 Å². The van der Waals surface area contributed by atoms with Crippen LogP contribution in [0.4, 0.5) is 0 Å². The van der Waals surface area contributed by atoms with E-state index in [0.29, 0.717) is 11.4 Å². The van der Waals surface area contributed by atoms with Gasteiger partial charge in [0, 0.05) is 17.9 Å². The van der Waals surface area contributed by atoms with E-state index in [9.17, 15) is 4.79 Å². The molecule has 86 valence electrons. The maximum atomic E-state index is 10.5. The lowest BCUT2D eigenvalue weighted by Crippen LogP contribution is -2.30. The molecule has 2 rings (SSSR count). The second-order valence-corrected chi connectivity index (χ2v) is 4.81. The molecule has 0 saturated heterocycles. The van der Waals surface area contributed by atoms with Crippen molar-refractivity contribution in [1.82, 2.24) is 0 Å². The lowest BCUT2D eigenvalue weighted by molar-refractivity contribution is -0.138. The molecule has 0 aliphatic carbocycles. The van der Waals surface area contributed by atoms with Gasteiger partial charge in [0.2, 0.25) is 0 Å². The van der Waals surface area contributed by atoms with Gasteiger partial charge < -0.3 is 9.84 Å². The second-order valence-electron chi connectivity index (χ2n) is 4.37. The molecule has 0 bridgehead atoms. The SMILES string of the molecule is CC1(CCC(=O)O)Cc2ccc(Cl)cc2O1. The van der Waals surface area contributed by atoms with Crippen molar-refractivity contribution in [3.63, 3.8) is 0 Å². The first-order valence-electron chi connectivity index (χ1n) is 5.18. The van der Waals surface area contributed by atoms with Crippen LogP contribution in [0.5, 0.6) is 5.75 Å². The van der Waals surface area contributed by atoms with Crippen molar-refractivity contribution < 1.29 is 14.6 Å². The van der Waals surface area contributed by atoms with E-state index in [4.69, 9.17) is 21.4 Å². The molecule has 1 aliphatic heterocycles.